The second-order valence-electron chi connectivity index (χ2n) is 7.04. The number of tetrazole rings is 1. The molecule has 0 saturated heterocycles. The number of alkyl halides is 3. The minimum atomic E-state index is -4.55. The van der Waals surface area contributed by atoms with Gasteiger partial charge in [0, 0.05) is 12.2 Å². The van der Waals surface area contributed by atoms with Gasteiger partial charge in [0.2, 0.25) is 5.91 Å². The molecule has 0 bridgehead atoms. The summed E-state index contributed by atoms with van der Waals surface area (Å²) in [6.45, 7) is 5.66. The highest BCUT2D eigenvalue weighted by Crippen LogP contribution is 2.31. The van der Waals surface area contributed by atoms with Crippen molar-refractivity contribution in [3.63, 3.8) is 0 Å². The Bertz CT molecular complexity index is 840. The SMILES string of the molecule is CCN(Cc1nnn[nH]1)C(=O)[C@H](CC(C)C)N(C(=O)O)c1ccc(C(F)(F)F)cc1. The van der Waals surface area contributed by atoms with Crippen molar-refractivity contribution >= 4 is 17.7 Å². The molecule has 2 amide bonds. The summed E-state index contributed by atoms with van der Waals surface area (Å²) in [7, 11) is 0. The number of carbonyl (C=O) groups is 2. The molecule has 0 saturated carbocycles. The summed E-state index contributed by atoms with van der Waals surface area (Å²) in [5.74, 6) is -0.226. The van der Waals surface area contributed by atoms with Gasteiger partial charge in [0.15, 0.2) is 5.82 Å². The van der Waals surface area contributed by atoms with E-state index in [4.69, 9.17) is 0 Å². The highest BCUT2D eigenvalue weighted by molar-refractivity contribution is 5.96. The molecule has 2 N–H and O–H groups in total. The number of amides is 2. The van der Waals surface area contributed by atoms with E-state index >= 15 is 0 Å². The second kappa shape index (κ2) is 9.55. The number of aromatic nitrogens is 4. The third-order valence-corrected chi connectivity index (χ3v) is 4.39. The van der Waals surface area contributed by atoms with E-state index in [1.54, 1.807) is 6.92 Å². The van der Waals surface area contributed by atoms with Crippen LogP contribution in [0.25, 0.3) is 0 Å². The van der Waals surface area contributed by atoms with Crippen molar-refractivity contribution in [1.82, 2.24) is 25.5 Å². The number of hydrogen-bond acceptors (Lipinski definition) is 5. The van der Waals surface area contributed by atoms with Gasteiger partial charge in [0.25, 0.3) is 0 Å². The Balaban J connectivity index is 2.39. The zero-order valence-corrected chi connectivity index (χ0v) is 16.7. The van der Waals surface area contributed by atoms with Crippen molar-refractivity contribution in [3.05, 3.63) is 35.7 Å². The summed E-state index contributed by atoms with van der Waals surface area (Å²) >= 11 is 0. The van der Waals surface area contributed by atoms with Crippen LogP contribution in [0.5, 0.6) is 0 Å². The number of carbonyl (C=O) groups excluding carboxylic acids is 1. The number of carboxylic acid groups (broad SMARTS) is 1. The Kier molecular flexibility index (Phi) is 7.35. The van der Waals surface area contributed by atoms with Crippen LogP contribution in [-0.4, -0.2) is 55.2 Å². The molecule has 0 aliphatic carbocycles. The quantitative estimate of drug-likeness (QED) is 0.667. The Morgan fingerprint density at radius 1 is 1.20 bits per heavy atom. The van der Waals surface area contributed by atoms with Crippen molar-refractivity contribution in [2.75, 3.05) is 11.4 Å². The molecule has 2 aromatic rings. The maximum atomic E-state index is 13.2. The minimum Gasteiger partial charge on any atom is -0.465 e. The third-order valence-electron chi connectivity index (χ3n) is 4.39. The lowest BCUT2D eigenvalue weighted by Gasteiger charge is -2.33. The summed E-state index contributed by atoms with van der Waals surface area (Å²) in [5.41, 5.74) is -0.928. The highest BCUT2D eigenvalue weighted by atomic mass is 19.4. The molecule has 0 fully saturated rings. The van der Waals surface area contributed by atoms with Crippen LogP contribution in [0.1, 0.15) is 38.6 Å². The molecule has 164 valence electrons. The van der Waals surface area contributed by atoms with Gasteiger partial charge in [0.05, 0.1) is 12.1 Å². The van der Waals surface area contributed by atoms with E-state index in [0.29, 0.717) is 5.82 Å². The third kappa shape index (κ3) is 5.67. The van der Waals surface area contributed by atoms with Crippen LogP contribution < -0.4 is 4.90 Å². The molecule has 0 spiro atoms. The molecular weight excluding hydrogens is 405 g/mol. The first-order valence-corrected chi connectivity index (χ1v) is 9.25. The molecule has 1 atom stereocenters. The number of H-pyrrole nitrogens is 1. The minimum absolute atomic E-state index is 0.0214. The summed E-state index contributed by atoms with van der Waals surface area (Å²) in [6.07, 6.45) is -5.81. The average molecular weight is 428 g/mol. The molecule has 12 heteroatoms. The van der Waals surface area contributed by atoms with Gasteiger partial charge in [-0.2, -0.15) is 13.2 Å². The summed E-state index contributed by atoms with van der Waals surface area (Å²) in [4.78, 5) is 27.5. The van der Waals surface area contributed by atoms with Gasteiger partial charge in [-0.05, 0) is 54.0 Å². The Labute approximate surface area is 170 Å². The molecule has 1 aromatic heterocycles. The number of rotatable bonds is 8. The van der Waals surface area contributed by atoms with Crippen molar-refractivity contribution in [2.45, 2.75) is 46.0 Å². The Morgan fingerprint density at radius 2 is 1.83 bits per heavy atom. The van der Waals surface area contributed by atoms with E-state index in [2.05, 4.69) is 20.6 Å². The normalized spacial score (nSPS) is 12.6. The maximum Gasteiger partial charge on any atom is 0.416 e. The molecule has 0 aliphatic rings. The fourth-order valence-corrected chi connectivity index (χ4v) is 2.98. The van der Waals surface area contributed by atoms with Gasteiger partial charge < -0.3 is 10.0 Å². The van der Waals surface area contributed by atoms with Crippen LogP contribution in [-0.2, 0) is 17.5 Å². The van der Waals surface area contributed by atoms with E-state index in [1.165, 1.54) is 4.90 Å². The molecule has 2 rings (SSSR count). The number of hydrogen-bond donors (Lipinski definition) is 2. The lowest BCUT2D eigenvalue weighted by Crippen LogP contribution is -2.51. The fraction of sp³-hybridized carbons (Fsp3) is 0.500. The molecule has 0 aliphatic heterocycles. The lowest BCUT2D eigenvalue weighted by atomic mass is 10.00. The van der Waals surface area contributed by atoms with Crippen molar-refractivity contribution in [2.24, 2.45) is 5.92 Å². The zero-order valence-electron chi connectivity index (χ0n) is 16.7. The van der Waals surface area contributed by atoms with E-state index in [-0.39, 0.29) is 31.1 Å². The van der Waals surface area contributed by atoms with Crippen LogP contribution in [0.2, 0.25) is 0 Å². The number of anilines is 1. The summed E-state index contributed by atoms with van der Waals surface area (Å²) in [6, 6.07) is 2.55. The number of nitrogens with one attached hydrogen (secondary N) is 1. The van der Waals surface area contributed by atoms with Crippen LogP contribution >= 0.6 is 0 Å². The number of benzene rings is 1. The van der Waals surface area contributed by atoms with Crippen LogP contribution in [0.4, 0.5) is 23.7 Å². The predicted octanol–water partition coefficient (Wildman–Crippen LogP) is 3.17. The number of halogens is 3. The standard InChI is InChI=1S/C18H23F3N6O3/c1-4-26(10-15-22-24-25-23-15)16(28)14(9-11(2)3)27(17(29)30)13-7-5-12(6-8-13)18(19,20)21/h5-8,11,14H,4,9-10H2,1-3H3,(H,29,30)(H,22,23,24,25)/t14-/m0/s1. The van der Waals surface area contributed by atoms with Crippen molar-refractivity contribution in [3.8, 4) is 0 Å². The zero-order chi connectivity index (χ0) is 22.5. The van der Waals surface area contributed by atoms with Gasteiger partial charge in [0.1, 0.15) is 6.04 Å². The first-order chi connectivity index (χ1) is 14.0. The van der Waals surface area contributed by atoms with Crippen LogP contribution in [0.15, 0.2) is 24.3 Å². The first kappa shape index (κ1) is 23.1. The molecule has 0 radical (unpaired) electrons. The van der Waals surface area contributed by atoms with Gasteiger partial charge in [-0.1, -0.05) is 13.8 Å². The van der Waals surface area contributed by atoms with E-state index in [1.807, 2.05) is 13.8 Å². The maximum absolute atomic E-state index is 13.2. The molecule has 9 nitrogen and oxygen atoms in total. The van der Waals surface area contributed by atoms with Gasteiger partial charge in [-0.25, -0.2) is 9.89 Å². The monoisotopic (exact) mass is 428 g/mol. The van der Waals surface area contributed by atoms with E-state index in [0.717, 1.165) is 29.2 Å². The average Bonchev–Trinajstić information content (AvgIpc) is 3.17. The van der Waals surface area contributed by atoms with Gasteiger partial charge >= 0.3 is 12.3 Å². The first-order valence-electron chi connectivity index (χ1n) is 9.25. The number of aromatic amines is 1. The molecule has 30 heavy (non-hydrogen) atoms. The van der Waals surface area contributed by atoms with Crippen molar-refractivity contribution < 1.29 is 27.9 Å². The number of nitrogens with zero attached hydrogens (tertiary/aromatic N) is 5. The van der Waals surface area contributed by atoms with Gasteiger partial charge in [-0.3, -0.25) is 9.69 Å². The Morgan fingerprint density at radius 3 is 2.27 bits per heavy atom. The predicted molar refractivity (Wildman–Crippen MR) is 100 cm³/mol. The summed E-state index contributed by atoms with van der Waals surface area (Å²) < 4.78 is 38.6. The molecule has 0 unspecified atom stereocenters. The second-order valence-corrected chi connectivity index (χ2v) is 7.04. The summed E-state index contributed by atoms with van der Waals surface area (Å²) in [5, 5.41) is 23.0. The van der Waals surface area contributed by atoms with Gasteiger partial charge in [-0.15, -0.1) is 5.10 Å². The Hall–Kier alpha value is -3.18. The number of likely N-dealkylation sites (N-methyl/N-ethyl adjacent to an activating group) is 1. The largest absolute Gasteiger partial charge is 0.465 e. The topological polar surface area (TPSA) is 115 Å². The van der Waals surface area contributed by atoms with Crippen molar-refractivity contribution in [1.29, 1.82) is 0 Å². The fourth-order valence-electron chi connectivity index (χ4n) is 2.98. The van der Waals surface area contributed by atoms with E-state index < -0.39 is 29.8 Å². The molecular formula is C18H23F3N6O3. The van der Waals surface area contributed by atoms with Crippen LogP contribution in [0.3, 0.4) is 0 Å². The van der Waals surface area contributed by atoms with E-state index in [9.17, 15) is 27.9 Å². The van der Waals surface area contributed by atoms with Crippen LogP contribution in [0, 0.1) is 5.92 Å². The lowest BCUT2D eigenvalue weighted by molar-refractivity contribution is -0.137. The smallest absolute Gasteiger partial charge is 0.416 e. The highest BCUT2D eigenvalue weighted by Gasteiger charge is 2.36. The molecule has 1 aromatic carbocycles. The molecule has 1 heterocycles.